The lowest BCUT2D eigenvalue weighted by atomic mass is 9.90. The summed E-state index contributed by atoms with van der Waals surface area (Å²) in [5, 5.41) is 9.95. The van der Waals surface area contributed by atoms with Crippen molar-refractivity contribution >= 4 is 0 Å². The molecule has 1 nitrogen and oxygen atoms in total. The maximum absolute atomic E-state index is 9.95. The molecule has 0 radical (unpaired) electrons. The van der Waals surface area contributed by atoms with Crippen LogP contribution in [0.1, 0.15) is 50.7 Å². The first-order valence-electron chi connectivity index (χ1n) is 7.12. The molecule has 0 aliphatic carbocycles. The first-order chi connectivity index (χ1) is 8.71. The number of allylic oxidation sites excluding steroid dienone is 1. The van der Waals surface area contributed by atoms with Crippen molar-refractivity contribution < 1.29 is 5.11 Å². The van der Waals surface area contributed by atoms with Crippen molar-refractivity contribution in [3.63, 3.8) is 0 Å². The predicted octanol–water partition coefficient (Wildman–Crippen LogP) is 4.88. The van der Waals surface area contributed by atoms with E-state index in [4.69, 9.17) is 0 Å². The summed E-state index contributed by atoms with van der Waals surface area (Å²) >= 11 is 0. The van der Waals surface area contributed by atoms with Crippen molar-refractivity contribution in [3.05, 3.63) is 42.0 Å². The van der Waals surface area contributed by atoms with Crippen molar-refractivity contribution in [1.82, 2.24) is 0 Å². The SMILES string of the molecule is C=CCc1ccc(O)c(CC(CC)CCCC)c1. The highest BCUT2D eigenvalue weighted by molar-refractivity contribution is 5.37. The Morgan fingerprint density at radius 1 is 1.33 bits per heavy atom. The number of phenolic OH excluding ortho intramolecular Hbond substituents is 1. The molecule has 100 valence electrons. The molecule has 18 heavy (non-hydrogen) atoms. The zero-order valence-electron chi connectivity index (χ0n) is 11.8. The van der Waals surface area contributed by atoms with E-state index < -0.39 is 0 Å². The fourth-order valence-electron chi connectivity index (χ4n) is 2.35. The Morgan fingerprint density at radius 3 is 2.72 bits per heavy atom. The van der Waals surface area contributed by atoms with Crippen molar-refractivity contribution in [2.75, 3.05) is 0 Å². The molecule has 0 saturated carbocycles. The van der Waals surface area contributed by atoms with E-state index in [-0.39, 0.29) is 0 Å². The van der Waals surface area contributed by atoms with Gasteiger partial charge in [-0.15, -0.1) is 6.58 Å². The Hall–Kier alpha value is -1.24. The quantitative estimate of drug-likeness (QED) is 0.648. The summed E-state index contributed by atoms with van der Waals surface area (Å²) < 4.78 is 0. The van der Waals surface area contributed by atoms with Gasteiger partial charge in [0.15, 0.2) is 0 Å². The van der Waals surface area contributed by atoms with Crippen LogP contribution in [0.4, 0.5) is 0 Å². The van der Waals surface area contributed by atoms with Gasteiger partial charge in [0.25, 0.3) is 0 Å². The molecule has 0 aromatic heterocycles. The lowest BCUT2D eigenvalue weighted by Gasteiger charge is -2.16. The van der Waals surface area contributed by atoms with Crippen molar-refractivity contribution in [2.45, 2.75) is 52.4 Å². The molecule has 1 N–H and O–H groups in total. The molecular formula is C17H26O. The number of aromatic hydroxyl groups is 1. The van der Waals surface area contributed by atoms with Gasteiger partial charge < -0.3 is 5.11 Å². The fourth-order valence-corrected chi connectivity index (χ4v) is 2.35. The standard InChI is InChI=1S/C17H26O/c1-4-7-9-14(6-3)12-16-13-15(8-5-2)10-11-17(16)18/h5,10-11,13-14,18H,2,4,6-9,12H2,1,3H3. The minimum Gasteiger partial charge on any atom is -0.508 e. The minimum absolute atomic E-state index is 0.442. The topological polar surface area (TPSA) is 20.2 Å². The number of benzene rings is 1. The lowest BCUT2D eigenvalue weighted by Crippen LogP contribution is -2.04. The first-order valence-corrected chi connectivity index (χ1v) is 7.12. The Bertz CT molecular complexity index is 368. The monoisotopic (exact) mass is 246 g/mol. The second kappa shape index (κ2) is 7.97. The second-order valence-electron chi connectivity index (χ2n) is 5.08. The normalized spacial score (nSPS) is 12.3. The summed E-state index contributed by atoms with van der Waals surface area (Å²) in [6, 6.07) is 5.93. The lowest BCUT2D eigenvalue weighted by molar-refractivity contribution is 0.426. The second-order valence-corrected chi connectivity index (χ2v) is 5.08. The van der Waals surface area contributed by atoms with Crippen LogP contribution in [0.5, 0.6) is 5.75 Å². The van der Waals surface area contributed by atoms with E-state index in [2.05, 4.69) is 26.5 Å². The smallest absolute Gasteiger partial charge is 0.118 e. The number of phenols is 1. The van der Waals surface area contributed by atoms with Gasteiger partial charge in [0.05, 0.1) is 0 Å². The molecule has 1 rings (SSSR count). The summed E-state index contributed by atoms with van der Waals surface area (Å²) in [5.74, 6) is 1.13. The van der Waals surface area contributed by atoms with Gasteiger partial charge in [0, 0.05) is 0 Å². The Morgan fingerprint density at radius 2 is 2.11 bits per heavy atom. The molecule has 1 unspecified atom stereocenters. The molecule has 1 heteroatoms. The van der Waals surface area contributed by atoms with Crippen LogP contribution in [0.25, 0.3) is 0 Å². The summed E-state index contributed by atoms with van der Waals surface area (Å²) in [4.78, 5) is 0. The van der Waals surface area contributed by atoms with E-state index in [0.29, 0.717) is 11.7 Å². The van der Waals surface area contributed by atoms with E-state index in [1.807, 2.05) is 18.2 Å². The number of rotatable bonds is 8. The van der Waals surface area contributed by atoms with Crippen LogP contribution in [-0.4, -0.2) is 5.11 Å². The van der Waals surface area contributed by atoms with Gasteiger partial charge in [-0.2, -0.15) is 0 Å². The van der Waals surface area contributed by atoms with E-state index in [1.54, 1.807) is 0 Å². The average Bonchev–Trinajstić information content (AvgIpc) is 2.38. The van der Waals surface area contributed by atoms with Crippen LogP contribution in [-0.2, 0) is 12.8 Å². The minimum atomic E-state index is 0.442. The van der Waals surface area contributed by atoms with Gasteiger partial charge >= 0.3 is 0 Å². The molecule has 0 saturated heterocycles. The number of hydrogen-bond donors (Lipinski definition) is 1. The fraction of sp³-hybridized carbons (Fsp3) is 0.529. The highest BCUT2D eigenvalue weighted by Gasteiger charge is 2.10. The molecule has 0 amide bonds. The third kappa shape index (κ3) is 4.56. The van der Waals surface area contributed by atoms with Gasteiger partial charge in [-0.3, -0.25) is 0 Å². The van der Waals surface area contributed by atoms with Gasteiger partial charge in [-0.25, -0.2) is 0 Å². The summed E-state index contributed by atoms with van der Waals surface area (Å²) in [6.07, 6.45) is 8.75. The zero-order valence-corrected chi connectivity index (χ0v) is 11.8. The molecule has 0 aliphatic heterocycles. The summed E-state index contributed by atoms with van der Waals surface area (Å²) in [6.45, 7) is 8.24. The first kappa shape index (κ1) is 14.8. The highest BCUT2D eigenvalue weighted by Crippen LogP contribution is 2.25. The molecule has 0 heterocycles. The Balaban J connectivity index is 2.73. The molecule has 1 aromatic carbocycles. The molecule has 0 fully saturated rings. The predicted molar refractivity (Wildman–Crippen MR) is 79.0 cm³/mol. The summed E-state index contributed by atoms with van der Waals surface area (Å²) in [5.41, 5.74) is 2.33. The molecular weight excluding hydrogens is 220 g/mol. The van der Waals surface area contributed by atoms with E-state index in [1.165, 1.54) is 31.2 Å². The van der Waals surface area contributed by atoms with E-state index in [9.17, 15) is 5.11 Å². The summed E-state index contributed by atoms with van der Waals surface area (Å²) in [7, 11) is 0. The third-order valence-corrected chi connectivity index (χ3v) is 3.58. The molecule has 0 aliphatic rings. The van der Waals surface area contributed by atoms with Crippen molar-refractivity contribution in [3.8, 4) is 5.75 Å². The van der Waals surface area contributed by atoms with Gasteiger partial charge in [0.1, 0.15) is 5.75 Å². The Labute approximate surface area is 112 Å². The van der Waals surface area contributed by atoms with Crippen molar-refractivity contribution in [1.29, 1.82) is 0 Å². The van der Waals surface area contributed by atoms with Gasteiger partial charge in [-0.05, 0) is 36.0 Å². The van der Waals surface area contributed by atoms with Crippen LogP contribution >= 0.6 is 0 Å². The van der Waals surface area contributed by atoms with E-state index >= 15 is 0 Å². The Kier molecular flexibility index (Phi) is 6.56. The van der Waals surface area contributed by atoms with Crippen LogP contribution in [0.3, 0.4) is 0 Å². The highest BCUT2D eigenvalue weighted by atomic mass is 16.3. The maximum atomic E-state index is 9.95. The van der Waals surface area contributed by atoms with Crippen LogP contribution < -0.4 is 0 Å². The third-order valence-electron chi connectivity index (χ3n) is 3.58. The van der Waals surface area contributed by atoms with Crippen LogP contribution in [0.2, 0.25) is 0 Å². The van der Waals surface area contributed by atoms with Crippen LogP contribution in [0, 0.1) is 5.92 Å². The average molecular weight is 246 g/mol. The number of unbranched alkanes of at least 4 members (excludes halogenated alkanes) is 1. The molecule has 1 atom stereocenters. The molecule has 0 bridgehead atoms. The van der Waals surface area contributed by atoms with Gasteiger partial charge in [0.2, 0.25) is 0 Å². The molecule has 1 aromatic rings. The van der Waals surface area contributed by atoms with E-state index in [0.717, 1.165) is 18.4 Å². The largest absolute Gasteiger partial charge is 0.508 e. The molecule has 0 spiro atoms. The zero-order chi connectivity index (χ0) is 13.4. The van der Waals surface area contributed by atoms with Gasteiger partial charge in [-0.1, -0.05) is 57.7 Å². The van der Waals surface area contributed by atoms with Crippen LogP contribution in [0.15, 0.2) is 30.9 Å². The maximum Gasteiger partial charge on any atom is 0.118 e. The number of hydrogen-bond acceptors (Lipinski definition) is 1. The van der Waals surface area contributed by atoms with Crippen molar-refractivity contribution in [2.24, 2.45) is 5.92 Å².